The molecule has 0 amide bonds. The van der Waals surface area contributed by atoms with Crippen molar-refractivity contribution in [2.24, 2.45) is 0 Å². The summed E-state index contributed by atoms with van der Waals surface area (Å²) in [7, 11) is 0. The molecule has 0 bridgehead atoms. The largest absolute Gasteiger partial charge is 0.139 e. The molecule has 0 heterocycles. The van der Waals surface area contributed by atoms with Crippen molar-refractivity contribution in [2.75, 3.05) is 0 Å². The second kappa shape index (κ2) is 7.18. The molecule has 1 heteroatoms. The van der Waals surface area contributed by atoms with E-state index in [1.807, 2.05) is 0 Å². The summed E-state index contributed by atoms with van der Waals surface area (Å²) in [6, 6.07) is 0. The Morgan fingerprint density at radius 1 is 0.700 bits per heavy atom. The highest BCUT2D eigenvalue weighted by atomic mass is 13.8. The molecule has 0 aromatic carbocycles. The van der Waals surface area contributed by atoms with Crippen LogP contribution in [0.3, 0.4) is 0 Å². The number of hydrogen-bond acceptors (Lipinski definition) is 0. The lowest BCUT2D eigenvalue weighted by Gasteiger charge is -2.08. The van der Waals surface area contributed by atoms with E-state index in [1.165, 1.54) is 38.2 Å². The molecule has 0 aromatic rings. The van der Waals surface area contributed by atoms with Crippen LogP contribution < -0.4 is 0 Å². The van der Waals surface area contributed by atoms with E-state index in [9.17, 15) is 0 Å². The summed E-state index contributed by atoms with van der Waals surface area (Å²) in [5.74, 6) is 0. The van der Waals surface area contributed by atoms with Crippen LogP contribution in [0.2, 0.25) is 19.0 Å². The highest BCUT2D eigenvalue weighted by molar-refractivity contribution is 6.58. The van der Waals surface area contributed by atoms with Crippen molar-refractivity contribution in [3.8, 4) is 0 Å². The molecule has 0 saturated heterocycles. The third-order valence-corrected chi connectivity index (χ3v) is 2.09. The summed E-state index contributed by atoms with van der Waals surface area (Å²) >= 11 is 0. The van der Waals surface area contributed by atoms with Crippen LogP contribution in [-0.2, 0) is 0 Å². The first-order chi connectivity index (χ1) is 4.85. The van der Waals surface area contributed by atoms with Crippen LogP contribution in [0.25, 0.3) is 0 Å². The van der Waals surface area contributed by atoms with Crippen LogP contribution in [0.15, 0.2) is 0 Å². The minimum absolute atomic E-state index is 1.03. The van der Waals surface area contributed by atoms with Crippen molar-refractivity contribution in [3.05, 3.63) is 0 Å². The smallest absolute Gasteiger partial charge is 0.0744 e. The van der Waals surface area contributed by atoms with Crippen LogP contribution in [0.4, 0.5) is 0 Å². The van der Waals surface area contributed by atoms with Crippen molar-refractivity contribution in [3.63, 3.8) is 0 Å². The highest BCUT2D eigenvalue weighted by Gasteiger charge is 2.08. The fraction of sp³-hybridized carbons (Fsp3) is 1.00. The van der Waals surface area contributed by atoms with Crippen molar-refractivity contribution in [1.82, 2.24) is 0 Å². The van der Waals surface area contributed by atoms with Crippen molar-refractivity contribution < 1.29 is 0 Å². The van der Waals surface area contributed by atoms with Crippen molar-refractivity contribution in [1.29, 1.82) is 0 Å². The van der Waals surface area contributed by atoms with Gasteiger partial charge in [0, 0.05) is 0 Å². The molecular weight excluding hydrogens is 119 g/mol. The van der Waals surface area contributed by atoms with Gasteiger partial charge in [-0.3, -0.25) is 0 Å². The van der Waals surface area contributed by atoms with Gasteiger partial charge in [0.05, 0.1) is 0 Å². The lowest BCUT2D eigenvalue weighted by Crippen LogP contribution is -2.09. The number of rotatable bonds is 6. The third-order valence-electron chi connectivity index (χ3n) is 2.09. The summed E-state index contributed by atoms with van der Waals surface area (Å²) in [6.45, 7) is 7.90. The lowest BCUT2D eigenvalue weighted by molar-refractivity contribution is 0.957. The fourth-order valence-corrected chi connectivity index (χ4v) is 1.66. The van der Waals surface area contributed by atoms with Gasteiger partial charge in [-0.2, -0.15) is 0 Å². The number of hydrogen-bond donors (Lipinski definition) is 0. The van der Waals surface area contributed by atoms with E-state index in [2.05, 4.69) is 20.8 Å². The van der Waals surface area contributed by atoms with Gasteiger partial charge in [0.1, 0.15) is 6.71 Å². The SMILES string of the molecule is CCCB(CCC)CCC. The normalized spacial score (nSPS) is 9.90. The third kappa shape index (κ3) is 4.90. The molecule has 0 rings (SSSR count). The van der Waals surface area contributed by atoms with E-state index in [4.69, 9.17) is 0 Å². The van der Waals surface area contributed by atoms with E-state index in [0.717, 1.165) is 6.71 Å². The van der Waals surface area contributed by atoms with Crippen molar-refractivity contribution in [2.45, 2.75) is 59.0 Å². The predicted molar refractivity (Wildman–Crippen MR) is 51.0 cm³/mol. The predicted octanol–water partition coefficient (Wildman–Crippen LogP) is 3.71. The molecule has 0 aromatic heterocycles. The fourth-order valence-electron chi connectivity index (χ4n) is 1.66. The second-order valence-electron chi connectivity index (χ2n) is 3.23. The standard InChI is InChI=1S/C9H21B/c1-4-7-10(8-5-2)9-6-3/h4-9H2,1-3H3. The zero-order chi connectivity index (χ0) is 7.82. The van der Waals surface area contributed by atoms with Gasteiger partial charge in [-0.05, 0) is 0 Å². The Morgan fingerprint density at radius 3 is 1.20 bits per heavy atom. The first-order valence-corrected chi connectivity index (χ1v) is 4.85. The summed E-state index contributed by atoms with van der Waals surface area (Å²) in [4.78, 5) is 0. The maximum Gasteiger partial charge on any atom is 0.139 e. The second-order valence-corrected chi connectivity index (χ2v) is 3.23. The van der Waals surface area contributed by atoms with E-state index in [0.29, 0.717) is 0 Å². The minimum Gasteiger partial charge on any atom is -0.0744 e. The first kappa shape index (κ1) is 10.1. The van der Waals surface area contributed by atoms with E-state index >= 15 is 0 Å². The van der Waals surface area contributed by atoms with Gasteiger partial charge in [0.15, 0.2) is 0 Å². The molecule has 0 unspecified atom stereocenters. The van der Waals surface area contributed by atoms with Crippen LogP contribution in [-0.4, -0.2) is 6.71 Å². The van der Waals surface area contributed by atoms with Crippen LogP contribution in [0, 0.1) is 0 Å². The lowest BCUT2D eigenvalue weighted by atomic mass is 9.41. The molecule has 0 N–H and O–H groups in total. The Balaban J connectivity index is 3.30. The average Bonchev–Trinajstić information content (AvgIpc) is 1.90. The molecule has 0 nitrogen and oxygen atoms in total. The topological polar surface area (TPSA) is 0 Å². The molecular formula is C9H21B. The Morgan fingerprint density at radius 2 is 1.00 bits per heavy atom. The highest BCUT2D eigenvalue weighted by Crippen LogP contribution is 2.11. The Bertz CT molecular complexity index is 47.5. The van der Waals surface area contributed by atoms with E-state index in [1.54, 1.807) is 0 Å². The molecule has 10 heavy (non-hydrogen) atoms. The molecule has 0 radical (unpaired) electrons. The van der Waals surface area contributed by atoms with Gasteiger partial charge in [-0.1, -0.05) is 59.0 Å². The Kier molecular flexibility index (Phi) is 7.22. The Labute approximate surface area is 66.5 Å². The van der Waals surface area contributed by atoms with E-state index in [-0.39, 0.29) is 0 Å². The van der Waals surface area contributed by atoms with Gasteiger partial charge in [-0.25, -0.2) is 0 Å². The van der Waals surface area contributed by atoms with Crippen LogP contribution in [0.5, 0.6) is 0 Å². The maximum absolute atomic E-state index is 2.29. The van der Waals surface area contributed by atoms with Crippen LogP contribution >= 0.6 is 0 Å². The van der Waals surface area contributed by atoms with Crippen molar-refractivity contribution >= 4 is 6.71 Å². The monoisotopic (exact) mass is 140 g/mol. The van der Waals surface area contributed by atoms with Crippen LogP contribution in [0.1, 0.15) is 40.0 Å². The van der Waals surface area contributed by atoms with Gasteiger partial charge in [0.2, 0.25) is 0 Å². The molecule has 0 atom stereocenters. The molecule has 0 saturated carbocycles. The molecule has 0 aliphatic rings. The van der Waals surface area contributed by atoms with Gasteiger partial charge in [0.25, 0.3) is 0 Å². The molecule has 0 aliphatic heterocycles. The zero-order valence-corrected chi connectivity index (χ0v) is 7.82. The van der Waals surface area contributed by atoms with Gasteiger partial charge in [-0.15, -0.1) is 0 Å². The first-order valence-electron chi connectivity index (χ1n) is 4.85. The van der Waals surface area contributed by atoms with Gasteiger partial charge < -0.3 is 0 Å². The maximum atomic E-state index is 2.29. The zero-order valence-electron chi connectivity index (χ0n) is 7.82. The summed E-state index contributed by atoms with van der Waals surface area (Å²) < 4.78 is 0. The summed E-state index contributed by atoms with van der Waals surface area (Å²) in [5, 5.41) is 0. The molecule has 0 spiro atoms. The minimum atomic E-state index is 1.03. The Hall–Kier alpha value is 0.0649. The van der Waals surface area contributed by atoms with E-state index < -0.39 is 0 Å². The molecule has 60 valence electrons. The average molecular weight is 140 g/mol. The summed E-state index contributed by atoms with van der Waals surface area (Å²) in [6.07, 6.45) is 8.44. The van der Waals surface area contributed by atoms with Gasteiger partial charge >= 0.3 is 0 Å². The molecule has 0 fully saturated rings. The summed E-state index contributed by atoms with van der Waals surface area (Å²) in [5.41, 5.74) is 0. The molecule has 0 aliphatic carbocycles. The quantitative estimate of drug-likeness (QED) is 0.493.